The minimum Gasteiger partial charge on any atom is -0.383 e. The van der Waals surface area contributed by atoms with Crippen molar-refractivity contribution in [2.45, 2.75) is 13.3 Å². The number of hydrogen-bond acceptors (Lipinski definition) is 4. The van der Waals surface area contributed by atoms with E-state index >= 15 is 0 Å². The molecular weight excluding hydrogens is 250 g/mol. The molecule has 5 nitrogen and oxygen atoms in total. The van der Waals surface area contributed by atoms with Gasteiger partial charge in [0.05, 0.1) is 5.69 Å². The fourth-order valence-electron chi connectivity index (χ4n) is 2.21. The van der Waals surface area contributed by atoms with Crippen molar-refractivity contribution in [3.63, 3.8) is 0 Å². The minimum absolute atomic E-state index is 0.637. The molecule has 0 spiro atoms. The van der Waals surface area contributed by atoms with E-state index in [4.69, 9.17) is 5.73 Å². The molecule has 0 fully saturated rings. The maximum absolute atomic E-state index is 6.23. The SMILES string of the molecule is CCc1c(-c2ccncc2)nn(-c2ccccn2)c1N. The van der Waals surface area contributed by atoms with Gasteiger partial charge in [-0.2, -0.15) is 9.78 Å². The molecule has 0 aliphatic carbocycles. The number of nitrogens with zero attached hydrogens (tertiary/aromatic N) is 4. The Balaban J connectivity index is 2.18. The van der Waals surface area contributed by atoms with Gasteiger partial charge in [0, 0.05) is 29.7 Å². The van der Waals surface area contributed by atoms with Gasteiger partial charge < -0.3 is 5.73 Å². The molecule has 0 bridgehead atoms. The zero-order chi connectivity index (χ0) is 13.9. The molecule has 0 saturated heterocycles. The lowest BCUT2D eigenvalue weighted by Crippen LogP contribution is -2.04. The summed E-state index contributed by atoms with van der Waals surface area (Å²) >= 11 is 0. The second-order valence-corrected chi connectivity index (χ2v) is 4.40. The Morgan fingerprint density at radius 2 is 1.90 bits per heavy atom. The third-order valence-electron chi connectivity index (χ3n) is 3.20. The second kappa shape index (κ2) is 5.13. The third kappa shape index (κ3) is 2.03. The largest absolute Gasteiger partial charge is 0.383 e. The first kappa shape index (κ1) is 12.3. The summed E-state index contributed by atoms with van der Waals surface area (Å²) in [6.45, 7) is 2.07. The first-order chi connectivity index (χ1) is 9.81. The summed E-state index contributed by atoms with van der Waals surface area (Å²) in [6.07, 6.45) is 6.06. The van der Waals surface area contributed by atoms with Gasteiger partial charge in [-0.1, -0.05) is 13.0 Å². The molecule has 0 atom stereocenters. The van der Waals surface area contributed by atoms with Gasteiger partial charge in [-0.25, -0.2) is 4.98 Å². The van der Waals surface area contributed by atoms with Crippen LogP contribution in [0.4, 0.5) is 5.82 Å². The van der Waals surface area contributed by atoms with E-state index in [1.165, 1.54) is 0 Å². The normalized spacial score (nSPS) is 10.7. The van der Waals surface area contributed by atoms with Crippen molar-refractivity contribution in [2.75, 3.05) is 5.73 Å². The summed E-state index contributed by atoms with van der Waals surface area (Å²) in [4.78, 5) is 8.34. The molecular formula is C15H15N5. The quantitative estimate of drug-likeness (QED) is 0.789. The Morgan fingerprint density at radius 3 is 2.55 bits per heavy atom. The molecule has 3 heterocycles. The highest BCUT2D eigenvalue weighted by Crippen LogP contribution is 2.28. The van der Waals surface area contributed by atoms with Gasteiger partial charge in [-0.15, -0.1) is 0 Å². The molecule has 5 heteroatoms. The maximum atomic E-state index is 6.23. The Kier molecular flexibility index (Phi) is 3.16. The first-order valence-electron chi connectivity index (χ1n) is 6.50. The Morgan fingerprint density at radius 1 is 1.10 bits per heavy atom. The van der Waals surface area contributed by atoms with E-state index in [1.54, 1.807) is 23.3 Å². The van der Waals surface area contributed by atoms with Crippen LogP contribution >= 0.6 is 0 Å². The van der Waals surface area contributed by atoms with Crippen molar-refractivity contribution in [1.29, 1.82) is 0 Å². The number of pyridine rings is 2. The lowest BCUT2D eigenvalue weighted by molar-refractivity contribution is 0.860. The zero-order valence-corrected chi connectivity index (χ0v) is 11.2. The Hall–Kier alpha value is -2.69. The summed E-state index contributed by atoms with van der Waals surface area (Å²) in [5.74, 6) is 1.36. The van der Waals surface area contributed by atoms with E-state index < -0.39 is 0 Å². The number of rotatable bonds is 3. The number of nitrogen functional groups attached to an aromatic ring is 1. The molecule has 3 aromatic heterocycles. The monoisotopic (exact) mass is 265 g/mol. The van der Waals surface area contributed by atoms with Gasteiger partial charge in [0.25, 0.3) is 0 Å². The first-order valence-corrected chi connectivity index (χ1v) is 6.50. The molecule has 0 aliphatic rings. The average Bonchev–Trinajstić information content (AvgIpc) is 2.86. The predicted octanol–water partition coefficient (Wildman–Crippen LogP) is 2.47. The second-order valence-electron chi connectivity index (χ2n) is 4.40. The van der Waals surface area contributed by atoms with Crippen molar-refractivity contribution in [2.24, 2.45) is 0 Å². The van der Waals surface area contributed by atoms with Gasteiger partial charge in [0.1, 0.15) is 5.82 Å². The van der Waals surface area contributed by atoms with Crippen LogP contribution in [-0.2, 0) is 6.42 Å². The highest BCUT2D eigenvalue weighted by molar-refractivity contribution is 5.69. The van der Waals surface area contributed by atoms with Crippen LogP contribution in [0.3, 0.4) is 0 Å². The van der Waals surface area contributed by atoms with Gasteiger partial charge in [0.15, 0.2) is 5.82 Å². The van der Waals surface area contributed by atoms with Crippen LogP contribution in [0.25, 0.3) is 17.1 Å². The van der Waals surface area contributed by atoms with E-state index in [9.17, 15) is 0 Å². The van der Waals surface area contributed by atoms with E-state index in [2.05, 4.69) is 22.0 Å². The van der Waals surface area contributed by atoms with Crippen LogP contribution in [0.5, 0.6) is 0 Å². The smallest absolute Gasteiger partial charge is 0.155 e. The molecule has 0 amide bonds. The maximum Gasteiger partial charge on any atom is 0.155 e. The molecule has 2 N–H and O–H groups in total. The number of anilines is 1. The van der Waals surface area contributed by atoms with Crippen LogP contribution in [0.15, 0.2) is 48.9 Å². The molecule has 3 rings (SSSR count). The fraction of sp³-hybridized carbons (Fsp3) is 0.133. The molecule has 100 valence electrons. The molecule has 0 unspecified atom stereocenters. The van der Waals surface area contributed by atoms with E-state index in [-0.39, 0.29) is 0 Å². The lowest BCUT2D eigenvalue weighted by Gasteiger charge is -2.02. The van der Waals surface area contributed by atoms with E-state index in [1.807, 2.05) is 30.3 Å². The van der Waals surface area contributed by atoms with Crippen molar-refractivity contribution < 1.29 is 0 Å². The van der Waals surface area contributed by atoms with Crippen molar-refractivity contribution in [1.82, 2.24) is 19.7 Å². The van der Waals surface area contributed by atoms with Crippen LogP contribution < -0.4 is 5.73 Å². The third-order valence-corrected chi connectivity index (χ3v) is 3.20. The summed E-state index contributed by atoms with van der Waals surface area (Å²) in [6, 6.07) is 9.54. The highest BCUT2D eigenvalue weighted by Gasteiger charge is 2.16. The standard InChI is InChI=1S/C15H15N5/c1-2-12-14(11-6-9-17-10-7-11)19-20(15(12)16)13-5-3-4-8-18-13/h3-10H,2,16H2,1H3. The van der Waals surface area contributed by atoms with Crippen molar-refractivity contribution in [3.8, 4) is 17.1 Å². The average molecular weight is 265 g/mol. The number of aromatic nitrogens is 4. The molecule has 0 aliphatic heterocycles. The number of hydrogen-bond donors (Lipinski definition) is 1. The number of nitrogens with two attached hydrogens (primary N) is 1. The summed E-state index contributed by atoms with van der Waals surface area (Å²) in [5, 5.41) is 4.62. The fourth-order valence-corrected chi connectivity index (χ4v) is 2.21. The molecule has 0 radical (unpaired) electrons. The van der Waals surface area contributed by atoms with E-state index in [0.29, 0.717) is 5.82 Å². The van der Waals surface area contributed by atoms with Crippen molar-refractivity contribution >= 4 is 5.82 Å². The zero-order valence-electron chi connectivity index (χ0n) is 11.2. The topological polar surface area (TPSA) is 69.6 Å². The summed E-state index contributed by atoms with van der Waals surface area (Å²) < 4.78 is 1.69. The molecule has 0 aromatic carbocycles. The predicted molar refractivity (Wildman–Crippen MR) is 78.4 cm³/mol. The van der Waals surface area contributed by atoms with Gasteiger partial charge in [-0.3, -0.25) is 4.98 Å². The summed E-state index contributed by atoms with van der Waals surface area (Å²) in [5.41, 5.74) is 9.16. The van der Waals surface area contributed by atoms with Gasteiger partial charge in [-0.05, 0) is 30.7 Å². The van der Waals surface area contributed by atoms with Gasteiger partial charge in [0.2, 0.25) is 0 Å². The molecule has 3 aromatic rings. The van der Waals surface area contributed by atoms with E-state index in [0.717, 1.165) is 29.1 Å². The van der Waals surface area contributed by atoms with Crippen LogP contribution in [0.1, 0.15) is 12.5 Å². The van der Waals surface area contributed by atoms with Crippen LogP contribution in [-0.4, -0.2) is 19.7 Å². The van der Waals surface area contributed by atoms with Gasteiger partial charge >= 0.3 is 0 Å². The summed E-state index contributed by atoms with van der Waals surface area (Å²) in [7, 11) is 0. The molecule has 0 saturated carbocycles. The van der Waals surface area contributed by atoms with Crippen molar-refractivity contribution in [3.05, 3.63) is 54.5 Å². The van der Waals surface area contributed by atoms with Crippen LogP contribution in [0, 0.1) is 0 Å². The lowest BCUT2D eigenvalue weighted by atomic mass is 10.1. The van der Waals surface area contributed by atoms with Crippen LogP contribution in [0.2, 0.25) is 0 Å². The Labute approximate surface area is 117 Å². The minimum atomic E-state index is 0.637. The molecule has 20 heavy (non-hydrogen) atoms. The Bertz CT molecular complexity index is 704. The highest BCUT2D eigenvalue weighted by atomic mass is 15.3.